The molecular weight excluding hydrogens is 346 g/mol. The van der Waals surface area contributed by atoms with Crippen LogP contribution in [0.4, 0.5) is 11.6 Å². The predicted octanol–water partition coefficient (Wildman–Crippen LogP) is 0.859. The number of aromatic nitrogens is 5. The van der Waals surface area contributed by atoms with Crippen molar-refractivity contribution in [3.05, 3.63) is 30.6 Å². The maximum atomic E-state index is 5.52. The van der Waals surface area contributed by atoms with E-state index in [1.54, 1.807) is 12.4 Å². The van der Waals surface area contributed by atoms with E-state index in [-0.39, 0.29) is 0 Å². The minimum Gasteiger partial charge on any atom is -0.378 e. The van der Waals surface area contributed by atoms with E-state index in [1.807, 2.05) is 16.6 Å². The van der Waals surface area contributed by atoms with E-state index in [2.05, 4.69) is 20.9 Å². The van der Waals surface area contributed by atoms with Crippen molar-refractivity contribution in [3.8, 4) is 11.4 Å². The number of anilines is 2. The molecule has 5 heterocycles. The van der Waals surface area contributed by atoms with Crippen molar-refractivity contribution >= 4 is 17.4 Å². The molecule has 2 aliphatic rings. The zero-order chi connectivity index (χ0) is 18.1. The molecule has 0 saturated carbocycles. The number of morpholine rings is 2. The topological polar surface area (TPSA) is 80.9 Å². The summed E-state index contributed by atoms with van der Waals surface area (Å²) in [4.78, 5) is 18.1. The van der Waals surface area contributed by atoms with Crippen LogP contribution in [0, 0.1) is 0 Å². The summed E-state index contributed by atoms with van der Waals surface area (Å²) in [5, 5.41) is 4.73. The minimum absolute atomic E-state index is 0.604. The Balaban J connectivity index is 1.62. The van der Waals surface area contributed by atoms with Crippen molar-refractivity contribution in [1.82, 2.24) is 24.6 Å². The highest BCUT2D eigenvalue weighted by molar-refractivity contribution is 5.62. The smallest absolute Gasteiger partial charge is 0.256 e. The van der Waals surface area contributed by atoms with Crippen LogP contribution in [0.25, 0.3) is 17.2 Å². The van der Waals surface area contributed by atoms with Crippen LogP contribution in [0.3, 0.4) is 0 Å². The Morgan fingerprint density at radius 1 is 0.815 bits per heavy atom. The maximum Gasteiger partial charge on any atom is 0.256 e. The molecule has 5 rings (SSSR count). The van der Waals surface area contributed by atoms with Crippen LogP contribution in [-0.2, 0) is 9.47 Å². The van der Waals surface area contributed by atoms with Crippen LogP contribution < -0.4 is 9.80 Å². The molecule has 0 unspecified atom stereocenters. The van der Waals surface area contributed by atoms with E-state index in [4.69, 9.17) is 24.5 Å². The summed E-state index contributed by atoms with van der Waals surface area (Å²) >= 11 is 0. The van der Waals surface area contributed by atoms with Crippen LogP contribution in [-0.4, -0.2) is 77.2 Å². The lowest BCUT2D eigenvalue weighted by Gasteiger charge is -2.31. The van der Waals surface area contributed by atoms with Gasteiger partial charge in [0.15, 0.2) is 5.82 Å². The van der Waals surface area contributed by atoms with Crippen LogP contribution in [0.5, 0.6) is 0 Å². The number of rotatable bonds is 3. The molecule has 9 heteroatoms. The Morgan fingerprint density at radius 3 is 2.19 bits per heavy atom. The second kappa shape index (κ2) is 7.09. The van der Waals surface area contributed by atoms with Crippen LogP contribution in [0.1, 0.15) is 0 Å². The number of ether oxygens (including phenoxy) is 2. The van der Waals surface area contributed by atoms with E-state index in [0.29, 0.717) is 38.0 Å². The molecule has 0 spiro atoms. The van der Waals surface area contributed by atoms with Gasteiger partial charge in [-0.2, -0.15) is 14.5 Å². The molecule has 9 nitrogen and oxygen atoms in total. The summed E-state index contributed by atoms with van der Waals surface area (Å²) in [5.41, 5.74) is 0.927. The first-order valence-corrected chi connectivity index (χ1v) is 9.22. The molecule has 2 saturated heterocycles. The lowest BCUT2D eigenvalue weighted by molar-refractivity contribution is 0.121. The number of hydrogen-bond donors (Lipinski definition) is 0. The molecule has 0 aromatic carbocycles. The molecule has 0 bridgehead atoms. The van der Waals surface area contributed by atoms with Gasteiger partial charge in [-0.3, -0.25) is 4.98 Å². The van der Waals surface area contributed by atoms with Gasteiger partial charge in [0.2, 0.25) is 0 Å². The van der Waals surface area contributed by atoms with Crippen molar-refractivity contribution < 1.29 is 9.47 Å². The fourth-order valence-electron chi connectivity index (χ4n) is 3.44. The molecule has 2 fully saturated rings. The average Bonchev–Trinajstić information content (AvgIpc) is 3.19. The van der Waals surface area contributed by atoms with Gasteiger partial charge in [-0.25, -0.2) is 0 Å². The Kier molecular flexibility index (Phi) is 4.30. The minimum atomic E-state index is 0.604. The SMILES string of the molecule is c1cc(-c2nc3nc(N4CCOCC4)cc(N4CCOCC4)n3n2)ccn1. The Labute approximate surface area is 156 Å². The van der Waals surface area contributed by atoms with E-state index >= 15 is 0 Å². The number of hydrogen-bond acceptors (Lipinski definition) is 8. The summed E-state index contributed by atoms with van der Waals surface area (Å²) in [5.74, 6) is 3.17. The van der Waals surface area contributed by atoms with E-state index < -0.39 is 0 Å². The largest absolute Gasteiger partial charge is 0.378 e. The standard InChI is InChI=1S/C18H21N7O2/c1-3-19-4-2-14(1)17-21-18-20-15(23-5-9-26-10-6-23)13-16(25(18)22-17)24-7-11-27-12-8-24/h1-4,13H,5-12H2. The molecule has 0 atom stereocenters. The molecule has 3 aromatic rings. The fraction of sp³-hybridized carbons (Fsp3) is 0.444. The first-order chi connectivity index (χ1) is 13.4. The predicted molar refractivity (Wildman–Crippen MR) is 100 cm³/mol. The summed E-state index contributed by atoms with van der Waals surface area (Å²) in [6.45, 7) is 6.17. The quantitative estimate of drug-likeness (QED) is 0.674. The molecule has 27 heavy (non-hydrogen) atoms. The highest BCUT2D eigenvalue weighted by Gasteiger charge is 2.22. The van der Waals surface area contributed by atoms with Crippen LogP contribution in [0.2, 0.25) is 0 Å². The van der Waals surface area contributed by atoms with Crippen LogP contribution in [0.15, 0.2) is 30.6 Å². The van der Waals surface area contributed by atoms with Crippen molar-refractivity contribution in [3.63, 3.8) is 0 Å². The number of nitrogens with zero attached hydrogens (tertiary/aromatic N) is 7. The van der Waals surface area contributed by atoms with Gasteiger partial charge in [0.05, 0.1) is 26.4 Å². The van der Waals surface area contributed by atoms with Gasteiger partial charge < -0.3 is 19.3 Å². The van der Waals surface area contributed by atoms with Gasteiger partial charge in [0.1, 0.15) is 11.6 Å². The summed E-state index contributed by atoms with van der Waals surface area (Å²) in [6.07, 6.45) is 3.49. The Hall–Kier alpha value is -2.78. The van der Waals surface area contributed by atoms with Crippen LogP contribution >= 0.6 is 0 Å². The van der Waals surface area contributed by atoms with Gasteiger partial charge in [0.25, 0.3) is 5.78 Å². The van der Waals surface area contributed by atoms with Gasteiger partial charge in [-0.05, 0) is 12.1 Å². The highest BCUT2D eigenvalue weighted by Crippen LogP contribution is 2.25. The van der Waals surface area contributed by atoms with Crippen molar-refractivity contribution in [2.75, 3.05) is 62.4 Å². The summed E-state index contributed by atoms with van der Waals surface area (Å²) in [6, 6.07) is 5.92. The van der Waals surface area contributed by atoms with E-state index in [1.165, 1.54) is 0 Å². The third kappa shape index (κ3) is 3.19. The normalized spacial score (nSPS) is 18.2. The van der Waals surface area contributed by atoms with Gasteiger partial charge in [-0.1, -0.05) is 0 Å². The first kappa shape index (κ1) is 16.4. The monoisotopic (exact) mass is 367 g/mol. The molecule has 140 valence electrons. The molecule has 0 N–H and O–H groups in total. The second-order valence-corrected chi connectivity index (χ2v) is 6.55. The maximum absolute atomic E-state index is 5.52. The van der Waals surface area contributed by atoms with Gasteiger partial charge in [-0.15, -0.1) is 5.10 Å². The molecular formula is C18H21N7O2. The van der Waals surface area contributed by atoms with Gasteiger partial charge in [0, 0.05) is 50.2 Å². The fourth-order valence-corrected chi connectivity index (χ4v) is 3.44. The van der Waals surface area contributed by atoms with Gasteiger partial charge >= 0.3 is 0 Å². The third-order valence-electron chi connectivity index (χ3n) is 4.89. The van der Waals surface area contributed by atoms with Crippen molar-refractivity contribution in [2.45, 2.75) is 0 Å². The number of pyridine rings is 1. The Bertz CT molecular complexity index is 918. The average molecular weight is 367 g/mol. The molecule has 2 aliphatic heterocycles. The first-order valence-electron chi connectivity index (χ1n) is 9.22. The number of fused-ring (bicyclic) bond motifs is 1. The summed E-state index contributed by atoms with van der Waals surface area (Å²) in [7, 11) is 0. The zero-order valence-electron chi connectivity index (χ0n) is 15.0. The van der Waals surface area contributed by atoms with Crippen molar-refractivity contribution in [1.29, 1.82) is 0 Å². The lowest BCUT2D eigenvalue weighted by atomic mass is 10.3. The molecule has 3 aromatic heterocycles. The third-order valence-corrected chi connectivity index (χ3v) is 4.89. The molecule has 0 aliphatic carbocycles. The van der Waals surface area contributed by atoms with Crippen molar-refractivity contribution in [2.24, 2.45) is 0 Å². The highest BCUT2D eigenvalue weighted by atomic mass is 16.5. The summed E-state index contributed by atoms with van der Waals surface area (Å²) < 4.78 is 12.8. The molecule has 0 amide bonds. The molecule has 0 radical (unpaired) electrons. The Morgan fingerprint density at radius 2 is 1.48 bits per heavy atom. The lowest BCUT2D eigenvalue weighted by Crippen LogP contribution is -2.39. The second-order valence-electron chi connectivity index (χ2n) is 6.55. The van der Waals surface area contributed by atoms with E-state index in [9.17, 15) is 0 Å². The van der Waals surface area contributed by atoms with E-state index in [0.717, 1.165) is 43.4 Å². The zero-order valence-corrected chi connectivity index (χ0v) is 15.0.